The van der Waals surface area contributed by atoms with Gasteiger partial charge in [0.15, 0.2) is 0 Å². The van der Waals surface area contributed by atoms with Crippen LogP contribution in [0, 0.1) is 0 Å². The second kappa shape index (κ2) is 12.0. The normalized spacial score (nSPS) is 11.6. The van der Waals surface area contributed by atoms with Crippen LogP contribution < -0.4 is 15.8 Å². The molecule has 0 aliphatic heterocycles. The van der Waals surface area contributed by atoms with Crippen molar-refractivity contribution in [2.75, 3.05) is 13.0 Å². The Balaban J connectivity index is 1.39. The van der Waals surface area contributed by atoms with E-state index in [2.05, 4.69) is 5.32 Å². The highest BCUT2D eigenvalue weighted by molar-refractivity contribution is 8.02. The average molecular weight is 453 g/mol. The predicted octanol–water partition coefficient (Wildman–Crippen LogP) is 5.36. The Morgan fingerprint density at radius 2 is 1.90 bits per heavy atom. The molecule has 160 valence electrons. The zero-order valence-corrected chi connectivity index (χ0v) is 18.7. The number of hydrogen-bond donors (Lipinski definition) is 2. The maximum absolute atomic E-state index is 12.0. The molecular formula is C24H24N2O3S2. The molecule has 31 heavy (non-hydrogen) atoms. The van der Waals surface area contributed by atoms with E-state index < -0.39 is 0 Å². The lowest BCUT2D eigenvalue weighted by molar-refractivity contribution is -0.116. The minimum atomic E-state index is -0.153. The van der Waals surface area contributed by atoms with Gasteiger partial charge in [-0.3, -0.25) is 4.79 Å². The number of furan rings is 1. The molecule has 0 aliphatic carbocycles. The lowest BCUT2D eigenvalue weighted by Crippen LogP contribution is -2.19. The maximum atomic E-state index is 12.0. The first-order chi connectivity index (χ1) is 15.1. The molecule has 1 heterocycles. The Morgan fingerprint density at radius 1 is 1.13 bits per heavy atom. The lowest BCUT2D eigenvalue weighted by Gasteiger charge is -2.04. The van der Waals surface area contributed by atoms with Crippen molar-refractivity contribution in [3.8, 4) is 5.75 Å². The third-order valence-corrected chi connectivity index (χ3v) is 6.00. The van der Waals surface area contributed by atoms with Gasteiger partial charge in [0.05, 0.1) is 25.0 Å². The number of methoxy groups -OCH3 is 1. The highest BCUT2D eigenvalue weighted by Gasteiger charge is 2.00. The molecule has 0 atom stereocenters. The van der Waals surface area contributed by atoms with Crippen LogP contribution >= 0.6 is 23.5 Å². The van der Waals surface area contributed by atoms with Crippen LogP contribution in [0.25, 0.3) is 11.8 Å². The van der Waals surface area contributed by atoms with Crippen LogP contribution in [0.1, 0.15) is 16.9 Å². The van der Waals surface area contributed by atoms with Gasteiger partial charge in [-0.15, -0.1) is 23.5 Å². The van der Waals surface area contributed by atoms with Crippen molar-refractivity contribution in [2.24, 2.45) is 5.73 Å². The number of carbonyl (C=O) groups is 1. The topological polar surface area (TPSA) is 77.5 Å². The maximum Gasteiger partial charge on any atom is 0.244 e. The average Bonchev–Trinajstić information content (AvgIpc) is 3.33. The van der Waals surface area contributed by atoms with Crippen molar-refractivity contribution in [3.05, 3.63) is 95.3 Å². The summed E-state index contributed by atoms with van der Waals surface area (Å²) < 4.78 is 10.5. The minimum Gasteiger partial charge on any atom is -0.497 e. The van der Waals surface area contributed by atoms with Crippen molar-refractivity contribution in [3.63, 3.8) is 0 Å². The van der Waals surface area contributed by atoms with E-state index in [1.165, 1.54) is 17.8 Å². The van der Waals surface area contributed by atoms with Gasteiger partial charge in [-0.05, 0) is 71.1 Å². The van der Waals surface area contributed by atoms with Gasteiger partial charge in [0.25, 0.3) is 0 Å². The molecule has 3 aromatic rings. The number of nitrogens with two attached hydrogens (primary N) is 1. The number of rotatable bonds is 10. The number of thioether (sulfide) groups is 2. The van der Waals surface area contributed by atoms with Crippen LogP contribution in [0.15, 0.2) is 87.7 Å². The number of benzene rings is 2. The van der Waals surface area contributed by atoms with Crippen LogP contribution in [-0.4, -0.2) is 18.9 Å². The standard InChI is InChI=1S/C24H24N2O3S2/c1-28-20-9-7-19(8-10-20)23(25)16-30-17-26-24(27)13-6-18-4-11-22(12-5-18)31-15-21-3-2-14-29-21/h2-14,16H,15,17,25H2,1H3,(H,26,27)/b13-6+,23-16-. The fraction of sp³-hybridized carbons (Fsp3) is 0.125. The first-order valence-electron chi connectivity index (χ1n) is 9.57. The third kappa shape index (κ3) is 7.62. The summed E-state index contributed by atoms with van der Waals surface area (Å²) in [6.07, 6.45) is 5.00. The number of hydrogen-bond acceptors (Lipinski definition) is 6. The van der Waals surface area contributed by atoms with Crippen molar-refractivity contribution in [1.82, 2.24) is 5.32 Å². The Hall–Kier alpha value is -3.03. The molecule has 3 rings (SSSR count). The van der Waals surface area contributed by atoms with Crippen LogP contribution in [0.2, 0.25) is 0 Å². The Bertz CT molecular complexity index is 1010. The zero-order chi connectivity index (χ0) is 21.9. The summed E-state index contributed by atoms with van der Waals surface area (Å²) in [5.74, 6) is 2.80. The lowest BCUT2D eigenvalue weighted by atomic mass is 10.2. The second-order valence-corrected chi connectivity index (χ2v) is 8.33. The van der Waals surface area contributed by atoms with E-state index in [4.69, 9.17) is 14.9 Å². The van der Waals surface area contributed by atoms with Crippen LogP contribution in [-0.2, 0) is 10.5 Å². The van der Waals surface area contributed by atoms with Crippen LogP contribution in [0.4, 0.5) is 0 Å². The van der Waals surface area contributed by atoms with Gasteiger partial charge < -0.3 is 20.2 Å². The highest BCUT2D eigenvalue weighted by Crippen LogP contribution is 2.23. The summed E-state index contributed by atoms with van der Waals surface area (Å²) in [5, 5.41) is 4.65. The smallest absolute Gasteiger partial charge is 0.244 e. The SMILES string of the molecule is COc1ccc(/C(N)=C/SCNC(=O)/C=C/c2ccc(SCc3ccco3)cc2)cc1. The molecule has 2 aromatic carbocycles. The predicted molar refractivity (Wildman–Crippen MR) is 130 cm³/mol. The Labute approximate surface area is 190 Å². The van der Waals surface area contributed by atoms with E-state index in [0.717, 1.165) is 33.3 Å². The fourth-order valence-electron chi connectivity index (χ4n) is 2.55. The van der Waals surface area contributed by atoms with Crippen molar-refractivity contribution >= 4 is 41.2 Å². The molecule has 3 N–H and O–H groups in total. The Kier molecular flexibility index (Phi) is 8.75. The molecule has 0 aliphatic rings. The minimum absolute atomic E-state index is 0.153. The Morgan fingerprint density at radius 3 is 2.58 bits per heavy atom. The largest absolute Gasteiger partial charge is 0.497 e. The molecule has 0 radical (unpaired) electrons. The van der Waals surface area contributed by atoms with Crippen molar-refractivity contribution in [1.29, 1.82) is 0 Å². The van der Waals surface area contributed by atoms with Gasteiger partial charge in [-0.2, -0.15) is 0 Å². The second-order valence-electron chi connectivity index (χ2n) is 6.42. The number of amides is 1. The summed E-state index contributed by atoms with van der Waals surface area (Å²) in [6, 6.07) is 19.4. The highest BCUT2D eigenvalue weighted by atomic mass is 32.2. The van der Waals surface area contributed by atoms with Gasteiger partial charge in [0.2, 0.25) is 5.91 Å². The number of nitrogens with one attached hydrogen (secondary N) is 1. The quantitative estimate of drug-likeness (QED) is 0.187. The molecule has 0 spiro atoms. The first-order valence-corrected chi connectivity index (χ1v) is 11.6. The third-order valence-electron chi connectivity index (χ3n) is 4.23. The van der Waals surface area contributed by atoms with Gasteiger partial charge >= 0.3 is 0 Å². The molecule has 1 aromatic heterocycles. The molecular weight excluding hydrogens is 428 g/mol. The molecule has 0 saturated carbocycles. The molecule has 1 amide bonds. The van der Waals surface area contributed by atoms with Crippen LogP contribution in [0.3, 0.4) is 0 Å². The van der Waals surface area contributed by atoms with Crippen LogP contribution in [0.5, 0.6) is 5.75 Å². The summed E-state index contributed by atoms with van der Waals surface area (Å²) in [4.78, 5) is 13.2. The summed E-state index contributed by atoms with van der Waals surface area (Å²) in [7, 11) is 1.62. The zero-order valence-electron chi connectivity index (χ0n) is 17.1. The van der Waals surface area contributed by atoms with E-state index in [-0.39, 0.29) is 5.91 Å². The number of carbonyl (C=O) groups excluding carboxylic acids is 1. The van der Waals surface area contributed by atoms with Crippen molar-refractivity contribution < 1.29 is 13.9 Å². The van der Waals surface area contributed by atoms with Gasteiger partial charge in [0, 0.05) is 16.7 Å². The van der Waals surface area contributed by atoms with E-state index in [9.17, 15) is 4.79 Å². The summed E-state index contributed by atoms with van der Waals surface area (Å²) in [6.45, 7) is 0. The summed E-state index contributed by atoms with van der Waals surface area (Å²) >= 11 is 3.13. The van der Waals surface area contributed by atoms with Gasteiger partial charge in [-0.1, -0.05) is 12.1 Å². The molecule has 5 nitrogen and oxygen atoms in total. The van der Waals surface area contributed by atoms with E-state index in [0.29, 0.717) is 11.6 Å². The molecule has 0 fully saturated rings. The summed E-state index contributed by atoms with van der Waals surface area (Å²) in [5.41, 5.74) is 8.58. The molecule has 7 heteroatoms. The first kappa shape index (κ1) is 22.7. The fourth-order valence-corrected chi connectivity index (χ4v) is 3.98. The van der Waals surface area contributed by atoms with Crippen molar-refractivity contribution in [2.45, 2.75) is 10.6 Å². The molecule has 0 bridgehead atoms. The monoisotopic (exact) mass is 452 g/mol. The number of ether oxygens (including phenoxy) is 1. The van der Waals surface area contributed by atoms with E-state index in [1.807, 2.05) is 66.1 Å². The molecule has 0 unspecified atom stereocenters. The van der Waals surface area contributed by atoms with E-state index in [1.54, 1.807) is 31.2 Å². The molecule has 0 saturated heterocycles. The van der Waals surface area contributed by atoms with Gasteiger partial charge in [0.1, 0.15) is 11.5 Å². The van der Waals surface area contributed by atoms with E-state index >= 15 is 0 Å². The van der Waals surface area contributed by atoms with Gasteiger partial charge in [-0.25, -0.2) is 0 Å².